The number of nitrogens with zero attached hydrogens (tertiary/aromatic N) is 4. The predicted molar refractivity (Wildman–Crippen MR) is 145 cm³/mol. The Bertz CT molecular complexity index is 1320. The Morgan fingerprint density at radius 1 is 1.10 bits per heavy atom. The lowest BCUT2D eigenvalue weighted by molar-refractivity contribution is 0.0323. The molecule has 4 unspecified atom stereocenters. The van der Waals surface area contributed by atoms with E-state index in [4.69, 9.17) is 14.2 Å². The fraction of sp³-hybridized carbons (Fsp3) is 0.464. The Balaban J connectivity index is 1.00. The van der Waals surface area contributed by atoms with Crippen LogP contribution in [0.25, 0.3) is 10.9 Å². The number of aromatic nitrogens is 3. The average molecular weight is 532 g/mol. The zero-order chi connectivity index (χ0) is 26.4. The number of rotatable bonds is 8. The largest absolute Gasteiger partial charge is 0.446 e. The molecule has 0 spiro atoms. The van der Waals surface area contributed by atoms with Crippen LogP contribution < -0.4 is 16.1 Å². The van der Waals surface area contributed by atoms with E-state index in [0.29, 0.717) is 31.5 Å². The number of hydrazone groups is 1. The third-order valence-corrected chi connectivity index (χ3v) is 7.58. The van der Waals surface area contributed by atoms with Crippen LogP contribution in [0.4, 0.5) is 10.6 Å². The molecule has 3 aromatic heterocycles. The van der Waals surface area contributed by atoms with Crippen molar-refractivity contribution in [1.29, 1.82) is 0 Å². The maximum Gasteiger partial charge on any atom is 0.407 e. The lowest BCUT2D eigenvalue weighted by Gasteiger charge is -2.18. The van der Waals surface area contributed by atoms with Gasteiger partial charge in [0, 0.05) is 49.7 Å². The number of carbonyl (C=O) groups excluding carboxylic acids is 1. The van der Waals surface area contributed by atoms with E-state index in [9.17, 15) is 4.79 Å². The lowest BCUT2D eigenvalue weighted by Crippen LogP contribution is -2.30. The second-order valence-corrected chi connectivity index (χ2v) is 10.3. The van der Waals surface area contributed by atoms with E-state index in [1.165, 1.54) is 0 Å². The first kappa shape index (κ1) is 25.4. The molecule has 3 aliphatic rings. The third-order valence-electron chi connectivity index (χ3n) is 7.58. The summed E-state index contributed by atoms with van der Waals surface area (Å²) in [6.07, 6.45) is 11.0. The predicted octanol–water partition coefficient (Wildman–Crippen LogP) is 3.51. The van der Waals surface area contributed by atoms with Crippen molar-refractivity contribution in [3.05, 3.63) is 60.2 Å². The van der Waals surface area contributed by atoms with Gasteiger partial charge in [-0.15, -0.1) is 0 Å². The van der Waals surface area contributed by atoms with Gasteiger partial charge in [0.05, 0.1) is 25.4 Å². The maximum atomic E-state index is 12.3. The number of fused-ring (bicyclic) bond motifs is 1. The van der Waals surface area contributed by atoms with Crippen molar-refractivity contribution in [2.45, 2.75) is 63.5 Å². The molecule has 1 aliphatic carbocycles. The molecule has 4 atom stereocenters. The van der Waals surface area contributed by atoms with Crippen LogP contribution in [0.5, 0.6) is 0 Å². The quantitative estimate of drug-likeness (QED) is 0.399. The van der Waals surface area contributed by atoms with Crippen LogP contribution in [0.1, 0.15) is 43.2 Å². The van der Waals surface area contributed by atoms with Crippen LogP contribution in [-0.4, -0.2) is 58.3 Å². The first-order valence-electron chi connectivity index (χ1n) is 13.6. The smallest absolute Gasteiger partial charge is 0.407 e. The summed E-state index contributed by atoms with van der Waals surface area (Å²) in [5.74, 6) is 1.87. The fourth-order valence-corrected chi connectivity index (χ4v) is 5.47. The number of hydrogen-bond acceptors (Lipinski definition) is 10. The van der Waals surface area contributed by atoms with E-state index in [1.54, 1.807) is 24.8 Å². The number of alkyl carbamates (subject to hydrolysis) is 1. The normalized spacial score (nSPS) is 24.4. The molecular weight excluding hydrogens is 498 g/mol. The monoisotopic (exact) mass is 531 g/mol. The van der Waals surface area contributed by atoms with Crippen LogP contribution >= 0.6 is 0 Å². The van der Waals surface area contributed by atoms with Gasteiger partial charge in [-0.3, -0.25) is 9.97 Å². The molecule has 2 aliphatic heterocycles. The standard InChI is InChI=1S/C28H33N7O4/c36-28(32-15-18-2-1-8-29-14-18)39-21-4-3-19(12-21)24-13-25(35-34-24)33-27-26-23(6-10-31-27)20(5-9-30-26)16-38-22-7-11-37-17-22/h1-2,5-6,8-10,14,19,21-22,24,34H,3-4,7,11-13,15-17H2,(H,32,36)(H,31,33,35). The van der Waals surface area contributed by atoms with Crippen molar-refractivity contribution in [3.63, 3.8) is 0 Å². The molecule has 204 valence electrons. The van der Waals surface area contributed by atoms with E-state index in [2.05, 4.69) is 36.1 Å². The Labute approximate surface area is 226 Å². The molecule has 39 heavy (non-hydrogen) atoms. The summed E-state index contributed by atoms with van der Waals surface area (Å²) in [7, 11) is 0. The van der Waals surface area contributed by atoms with Crippen molar-refractivity contribution in [1.82, 2.24) is 25.7 Å². The van der Waals surface area contributed by atoms with E-state index in [-0.39, 0.29) is 18.2 Å². The average Bonchev–Trinajstić information content (AvgIpc) is 3.74. The molecule has 11 nitrogen and oxygen atoms in total. The van der Waals surface area contributed by atoms with Crippen LogP contribution in [-0.2, 0) is 27.4 Å². The Morgan fingerprint density at radius 2 is 2.05 bits per heavy atom. The van der Waals surface area contributed by atoms with E-state index >= 15 is 0 Å². The summed E-state index contributed by atoms with van der Waals surface area (Å²) in [5, 5.41) is 11.8. The number of amidine groups is 1. The van der Waals surface area contributed by atoms with Crippen molar-refractivity contribution < 1.29 is 19.0 Å². The van der Waals surface area contributed by atoms with E-state index in [0.717, 1.165) is 66.6 Å². The molecule has 5 heterocycles. The second kappa shape index (κ2) is 11.9. The Kier molecular flexibility index (Phi) is 7.78. The van der Waals surface area contributed by atoms with Gasteiger partial charge in [0.2, 0.25) is 0 Å². The van der Waals surface area contributed by atoms with Crippen LogP contribution in [0, 0.1) is 5.92 Å². The molecular formula is C28H33N7O4. The van der Waals surface area contributed by atoms with Gasteiger partial charge in [-0.1, -0.05) is 6.07 Å². The van der Waals surface area contributed by atoms with Crippen molar-refractivity contribution in [2.75, 3.05) is 18.5 Å². The van der Waals surface area contributed by atoms with E-state index in [1.807, 2.05) is 24.3 Å². The highest BCUT2D eigenvalue weighted by Crippen LogP contribution is 2.33. The first-order chi connectivity index (χ1) is 19.2. The fourth-order valence-electron chi connectivity index (χ4n) is 5.47. The van der Waals surface area contributed by atoms with Crippen LogP contribution in [0.15, 0.2) is 54.2 Å². The topological polar surface area (TPSA) is 132 Å². The number of ether oxygens (including phenoxy) is 3. The highest BCUT2D eigenvalue weighted by atomic mass is 16.6. The summed E-state index contributed by atoms with van der Waals surface area (Å²) in [5.41, 5.74) is 6.08. The minimum Gasteiger partial charge on any atom is -0.446 e. The summed E-state index contributed by atoms with van der Waals surface area (Å²) >= 11 is 0. The Hall–Kier alpha value is -3.83. The minimum atomic E-state index is -0.390. The van der Waals surface area contributed by atoms with Gasteiger partial charge < -0.3 is 30.3 Å². The molecule has 11 heteroatoms. The summed E-state index contributed by atoms with van der Waals surface area (Å²) in [4.78, 5) is 25.5. The number of carbonyl (C=O) groups is 1. The van der Waals surface area contributed by atoms with Crippen LogP contribution in [0.3, 0.4) is 0 Å². The molecule has 0 bridgehead atoms. The summed E-state index contributed by atoms with van der Waals surface area (Å²) in [6, 6.07) is 7.90. The zero-order valence-electron chi connectivity index (χ0n) is 21.7. The molecule has 1 amide bonds. The van der Waals surface area contributed by atoms with Gasteiger partial charge in [0.15, 0.2) is 5.82 Å². The molecule has 0 aromatic carbocycles. The zero-order valence-corrected chi connectivity index (χ0v) is 21.7. The highest BCUT2D eigenvalue weighted by molar-refractivity contribution is 6.02. The molecule has 3 aromatic rings. The van der Waals surface area contributed by atoms with Gasteiger partial charge in [-0.05, 0) is 60.9 Å². The molecule has 3 N–H and O–H groups in total. The minimum absolute atomic E-state index is 0.0944. The summed E-state index contributed by atoms with van der Waals surface area (Å²) in [6.45, 7) is 2.32. The van der Waals surface area contributed by atoms with Gasteiger partial charge in [0.1, 0.15) is 17.5 Å². The first-order valence-corrected chi connectivity index (χ1v) is 13.6. The maximum absolute atomic E-state index is 12.3. The Morgan fingerprint density at radius 3 is 2.92 bits per heavy atom. The molecule has 6 rings (SSSR count). The SMILES string of the molecule is O=C(NCc1cccnc1)OC1CCC(C2CC(Nc3nccc4c(COC5CCOC5)ccnc34)=NN2)C1. The lowest BCUT2D eigenvalue weighted by atomic mass is 9.96. The number of anilines is 1. The number of hydrogen-bond donors (Lipinski definition) is 3. The van der Waals surface area contributed by atoms with Gasteiger partial charge in [-0.25, -0.2) is 9.78 Å². The van der Waals surface area contributed by atoms with Gasteiger partial charge in [0.25, 0.3) is 0 Å². The highest BCUT2D eigenvalue weighted by Gasteiger charge is 2.35. The number of nitrogens with one attached hydrogen (secondary N) is 3. The number of pyridine rings is 3. The van der Waals surface area contributed by atoms with Crippen LogP contribution in [0.2, 0.25) is 0 Å². The van der Waals surface area contributed by atoms with Gasteiger partial charge in [-0.2, -0.15) is 5.10 Å². The van der Waals surface area contributed by atoms with Crippen molar-refractivity contribution >= 4 is 28.6 Å². The molecule has 1 saturated heterocycles. The van der Waals surface area contributed by atoms with E-state index < -0.39 is 6.09 Å². The number of amides is 1. The molecule has 0 radical (unpaired) electrons. The molecule has 1 saturated carbocycles. The van der Waals surface area contributed by atoms with Gasteiger partial charge >= 0.3 is 6.09 Å². The third kappa shape index (κ3) is 6.26. The summed E-state index contributed by atoms with van der Waals surface area (Å²) < 4.78 is 17.1. The van der Waals surface area contributed by atoms with Crippen molar-refractivity contribution in [3.8, 4) is 0 Å². The second-order valence-electron chi connectivity index (χ2n) is 10.3. The molecule has 2 fully saturated rings. The van der Waals surface area contributed by atoms with Crippen molar-refractivity contribution in [2.24, 2.45) is 11.0 Å².